The number of hydrogen-bond acceptors (Lipinski definition) is 3. The predicted octanol–water partition coefficient (Wildman–Crippen LogP) is 0.560. The van der Waals surface area contributed by atoms with Gasteiger partial charge in [0.1, 0.15) is 0 Å². The molecular formula is C10H21ClN2O2. The van der Waals surface area contributed by atoms with E-state index >= 15 is 0 Å². The molecule has 0 spiro atoms. The first-order valence-electron chi connectivity index (χ1n) is 5.29. The Balaban J connectivity index is 0.00000196. The van der Waals surface area contributed by atoms with Crippen LogP contribution in [-0.2, 0) is 9.53 Å². The Kier molecular flexibility index (Phi) is 8.76. The van der Waals surface area contributed by atoms with E-state index in [0.717, 1.165) is 19.6 Å². The van der Waals surface area contributed by atoms with Crippen molar-refractivity contribution in [1.82, 2.24) is 10.6 Å². The highest BCUT2D eigenvalue weighted by atomic mass is 35.5. The molecule has 1 atom stereocenters. The van der Waals surface area contributed by atoms with Gasteiger partial charge in [0.05, 0.1) is 6.61 Å². The quantitative estimate of drug-likeness (QED) is 0.734. The number of carbonyl (C=O) groups is 1. The molecule has 1 saturated heterocycles. The van der Waals surface area contributed by atoms with Crippen LogP contribution in [0.1, 0.15) is 19.3 Å². The third-order valence-corrected chi connectivity index (χ3v) is 2.52. The van der Waals surface area contributed by atoms with Gasteiger partial charge in [-0.05, 0) is 31.8 Å². The number of rotatable bonds is 5. The smallest absolute Gasteiger partial charge is 0.222 e. The van der Waals surface area contributed by atoms with Crippen LogP contribution >= 0.6 is 12.4 Å². The fourth-order valence-electron chi connectivity index (χ4n) is 1.64. The summed E-state index contributed by atoms with van der Waals surface area (Å²) in [5, 5.41) is 6.25. The second kappa shape index (κ2) is 8.95. The van der Waals surface area contributed by atoms with Crippen molar-refractivity contribution in [3.05, 3.63) is 0 Å². The minimum Gasteiger partial charge on any atom is -0.384 e. The number of ether oxygens (including phenoxy) is 1. The molecule has 0 aromatic heterocycles. The highest BCUT2D eigenvalue weighted by Crippen LogP contribution is 2.07. The molecule has 1 fully saturated rings. The first kappa shape index (κ1) is 14.7. The highest BCUT2D eigenvalue weighted by Gasteiger charge is 2.13. The highest BCUT2D eigenvalue weighted by molar-refractivity contribution is 5.85. The molecule has 4 nitrogen and oxygen atoms in total. The zero-order chi connectivity index (χ0) is 10.2. The Morgan fingerprint density at radius 2 is 2.40 bits per heavy atom. The van der Waals surface area contributed by atoms with Crippen molar-refractivity contribution in [1.29, 1.82) is 0 Å². The summed E-state index contributed by atoms with van der Waals surface area (Å²) in [5.74, 6) is 0.702. The van der Waals surface area contributed by atoms with Crippen molar-refractivity contribution in [3.63, 3.8) is 0 Å². The first-order valence-corrected chi connectivity index (χ1v) is 5.29. The summed E-state index contributed by atoms with van der Waals surface area (Å²) >= 11 is 0. The first-order chi connectivity index (χ1) is 6.83. The summed E-state index contributed by atoms with van der Waals surface area (Å²) in [5.41, 5.74) is 0. The number of carbonyl (C=O) groups excluding carboxylic acids is 1. The van der Waals surface area contributed by atoms with E-state index in [2.05, 4.69) is 10.6 Å². The molecule has 0 aromatic carbocycles. The summed E-state index contributed by atoms with van der Waals surface area (Å²) in [6.07, 6.45) is 2.91. The molecule has 2 N–H and O–H groups in total. The molecule has 1 heterocycles. The molecule has 1 aliphatic heterocycles. The van der Waals surface area contributed by atoms with Gasteiger partial charge in [-0.15, -0.1) is 12.4 Å². The second-order valence-corrected chi connectivity index (χ2v) is 3.76. The molecule has 0 bridgehead atoms. The number of methoxy groups -OCH3 is 1. The summed E-state index contributed by atoms with van der Waals surface area (Å²) < 4.78 is 4.83. The van der Waals surface area contributed by atoms with E-state index in [4.69, 9.17) is 4.74 Å². The van der Waals surface area contributed by atoms with Crippen LogP contribution in [0.2, 0.25) is 0 Å². The largest absolute Gasteiger partial charge is 0.384 e. The van der Waals surface area contributed by atoms with Crippen LogP contribution in [0.15, 0.2) is 0 Å². The second-order valence-electron chi connectivity index (χ2n) is 3.76. The molecule has 1 aliphatic rings. The lowest BCUT2D eigenvalue weighted by molar-refractivity contribution is -0.122. The lowest BCUT2D eigenvalue weighted by atomic mass is 10.00. The van der Waals surface area contributed by atoms with Gasteiger partial charge in [0.2, 0.25) is 5.91 Å². The van der Waals surface area contributed by atoms with Gasteiger partial charge in [-0.1, -0.05) is 0 Å². The average Bonchev–Trinajstić information content (AvgIpc) is 2.25. The third kappa shape index (κ3) is 6.71. The number of nitrogens with one attached hydrogen (secondary N) is 2. The van der Waals surface area contributed by atoms with Crippen LogP contribution in [0.5, 0.6) is 0 Å². The molecule has 0 aliphatic carbocycles. The summed E-state index contributed by atoms with van der Waals surface area (Å²) in [6.45, 7) is 3.46. The Hall–Kier alpha value is -0.320. The molecule has 1 rings (SSSR count). The molecule has 1 unspecified atom stereocenters. The lowest BCUT2D eigenvalue weighted by Crippen LogP contribution is -2.38. The van der Waals surface area contributed by atoms with E-state index in [1.807, 2.05) is 0 Å². The van der Waals surface area contributed by atoms with Crippen LogP contribution in [0.4, 0.5) is 0 Å². The van der Waals surface area contributed by atoms with E-state index in [1.54, 1.807) is 7.11 Å². The van der Waals surface area contributed by atoms with Gasteiger partial charge in [-0.3, -0.25) is 4.79 Å². The van der Waals surface area contributed by atoms with Crippen LogP contribution in [-0.4, -0.2) is 39.3 Å². The van der Waals surface area contributed by atoms with Crippen molar-refractivity contribution in [2.45, 2.75) is 19.3 Å². The summed E-state index contributed by atoms with van der Waals surface area (Å²) in [7, 11) is 1.61. The van der Waals surface area contributed by atoms with Crippen molar-refractivity contribution < 1.29 is 9.53 Å². The maximum absolute atomic E-state index is 11.2. The maximum atomic E-state index is 11.2. The zero-order valence-electron chi connectivity index (χ0n) is 9.25. The number of amides is 1. The van der Waals surface area contributed by atoms with E-state index in [-0.39, 0.29) is 18.3 Å². The van der Waals surface area contributed by atoms with Gasteiger partial charge >= 0.3 is 0 Å². The Labute approximate surface area is 97.5 Å². The fourth-order valence-corrected chi connectivity index (χ4v) is 1.64. The fraction of sp³-hybridized carbons (Fsp3) is 0.900. The molecule has 0 radical (unpaired) electrons. The number of hydrogen-bond donors (Lipinski definition) is 2. The Morgan fingerprint density at radius 1 is 1.60 bits per heavy atom. The standard InChI is InChI=1S/C10H20N2O2.ClH/c1-14-6-4-10(13)12-8-9-3-2-5-11-7-9;/h9,11H,2-8H2,1H3,(H,12,13);1H. The van der Waals surface area contributed by atoms with Crippen molar-refractivity contribution >= 4 is 18.3 Å². The van der Waals surface area contributed by atoms with Crippen LogP contribution in [0, 0.1) is 5.92 Å². The minimum atomic E-state index is 0. The van der Waals surface area contributed by atoms with E-state index < -0.39 is 0 Å². The van der Waals surface area contributed by atoms with E-state index in [1.165, 1.54) is 12.8 Å². The van der Waals surface area contributed by atoms with Crippen LogP contribution in [0.3, 0.4) is 0 Å². The van der Waals surface area contributed by atoms with Crippen LogP contribution in [0.25, 0.3) is 0 Å². The molecular weight excluding hydrogens is 216 g/mol. The summed E-state index contributed by atoms with van der Waals surface area (Å²) in [6, 6.07) is 0. The van der Waals surface area contributed by atoms with Gasteiger partial charge in [0.25, 0.3) is 0 Å². The molecule has 15 heavy (non-hydrogen) atoms. The van der Waals surface area contributed by atoms with Crippen molar-refractivity contribution in [3.8, 4) is 0 Å². The van der Waals surface area contributed by atoms with Gasteiger partial charge in [0.15, 0.2) is 0 Å². The minimum absolute atomic E-state index is 0. The summed E-state index contributed by atoms with van der Waals surface area (Å²) in [4.78, 5) is 11.2. The molecule has 0 aromatic rings. The van der Waals surface area contributed by atoms with Gasteiger partial charge in [-0.2, -0.15) is 0 Å². The molecule has 5 heteroatoms. The SMILES string of the molecule is COCCC(=O)NCC1CCCNC1.Cl. The number of piperidine rings is 1. The Morgan fingerprint density at radius 3 is 3.00 bits per heavy atom. The van der Waals surface area contributed by atoms with Gasteiger partial charge in [0, 0.05) is 20.1 Å². The molecule has 0 saturated carbocycles. The number of halogens is 1. The van der Waals surface area contributed by atoms with E-state index in [9.17, 15) is 4.79 Å². The van der Waals surface area contributed by atoms with Gasteiger partial charge in [-0.25, -0.2) is 0 Å². The van der Waals surface area contributed by atoms with Crippen LogP contribution < -0.4 is 10.6 Å². The molecule has 90 valence electrons. The van der Waals surface area contributed by atoms with Crippen molar-refractivity contribution in [2.75, 3.05) is 33.4 Å². The maximum Gasteiger partial charge on any atom is 0.222 e. The lowest BCUT2D eigenvalue weighted by Gasteiger charge is -2.22. The van der Waals surface area contributed by atoms with Gasteiger partial charge < -0.3 is 15.4 Å². The average molecular weight is 237 g/mol. The zero-order valence-corrected chi connectivity index (χ0v) is 10.1. The Bertz CT molecular complexity index is 173. The normalized spacial score (nSPS) is 20.5. The van der Waals surface area contributed by atoms with Crippen molar-refractivity contribution in [2.24, 2.45) is 5.92 Å². The van der Waals surface area contributed by atoms with E-state index in [0.29, 0.717) is 18.9 Å². The monoisotopic (exact) mass is 236 g/mol. The molecule has 1 amide bonds. The third-order valence-electron chi connectivity index (χ3n) is 2.52. The topological polar surface area (TPSA) is 50.4 Å². The predicted molar refractivity (Wildman–Crippen MR) is 62.3 cm³/mol.